The molecule has 1 rings (SSSR count). The topological polar surface area (TPSA) is 117 Å². The minimum Gasteiger partial charge on any atom is -0.458 e. The van der Waals surface area contributed by atoms with Gasteiger partial charge < -0.3 is 26.3 Å². The van der Waals surface area contributed by atoms with E-state index in [0.29, 0.717) is 18.1 Å². The smallest absolute Gasteiger partial charge is 0.408 e. The Morgan fingerprint density at radius 3 is 2.42 bits per heavy atom. The van der Waals surface area contributed by atoms with Crippen LogP contribution in [0.15, 0.2) is 30.3 Å². The van der Waals surface area contributed by atoms with E-state index in [1.807, 2.05) is 30.3 Å². The van der Waals surface area contributed by atoms with Gasteiger partial charge in [0.2, 0.25) is 0 Å². The van der Waals surface area contributed by atoms with Crippen molar-refractivity contribution in [2.24, 2.45) is 11.5 Å². The van der Waals surface area contributed by atoms with Gasteiger partial charge in [-0.1, -0.05) is 30.3 Å². The maximum atomic E-state index is 12.4. The number of hydrogen-bond acceptors (Lipinski definition) is 7. The molecule has 8 heteroatoms. The van der Waals surface area contributed by atoms with Crippen molar-refractivity contribution in [3.63, 3.8) is 0 Å². The van der Waals surface area contributed by atoms with Crippen molar-refractivity contribution >= 4 is 23.8 Å². The van der Waals surface area contributed by atoms with Crippen LogP contribution in [-0.2, 0) is 20.9 Å². The Morgan fingerprint density at radius 2 is 1.85 bits per heavy atom. The van der Waals surface area contributed by atoms with Crippen LogP contribution in [0.2, 0.25) is 0 Å². The average Bonchev–Trinajstić information content (AvgIpc) is 2.58. The van der Waals surface area contributed by atoms with E-state index in [0.717, 1.165) is 5.56 Å². The zero-order chi connectivity index (χ0) is 19.6. The number of ether oxygens (including phenoxy) is 2. The third-order valence-electron chi connectivity index (χ3n) is 3.12. The van der Waals surface area contributed by atoms with Gasteiger partial charge in [-0.25, -0.2) is 9.59 Å². The van der Waals surface area contributed by atoms with Crippen LogP contribution in [0.3, 0.4) is 0 Å². The highest BCUT2D eigenvalue weighted by Crippen LogP contribution is 2.12. The molecule has 0 unspecified atom stereocenters. The molecule has 1 aromatic rings. The van der Waals surface area contributed by atoms with Gasteiger partial charge in [0, 0.05) is 24.1 Å². The molecule has 0 aliphatic carbocycles. The highest BCUT2D eigenvalue weighted by molar-refractivity contribution is 7.99. The lowest BCUT2D eigenvalue weighted by Crippen LogP contribution is -2.46. The van der Waals surface area contributed by atoms with Crippen LogP contribution in [0.25, 0.3) is 0 Å². The summed E-state index contributed by atoms with van der Waals surface area (Å²) in [7, 11) is 0. The Balaban J connectivity index is 2.58. The second-order valence-corrected chi connectivity index (χ2v) is 7.90. The number of carbonyl (C=O) groups is 2. The van der Waals surface area contributed by atoms with E-state index in [1.165, 1.54) is 11.8 Å². The van der Waals surface area contributed by atoms with Crippen LogP contribution in [0, 0.1) is 0 Å². The summed E-state index contributed by atoms with van der Waals surface area (Å²) in [6, 6.07) is 8.31. The number of hydrogen-bond donors (Lipinski definition) is 3. The summed E-state index contributed by atoms with van der Waals surface area (Å²) in [5, 5.41) is 2.57. The van der Waals surface area contributed by atoms with E-state index < -0.39 is 23.7 Å². The summed E-state index contributed by atoms with van der Waals surface area (Å²) in [5.74, 6) is 0.391. The molecule has 0 aliphatic rings. The number of esters is 1. The summed E-state index contributed by atoms with van der Waals surface area (Å²) in [4.78, 5) is 24.4. The molecule has 0 fully saturated rings. The Bertz CT molecular complexity index is 563. The summed E-state index contributed by atoms with van der Waals surface area (Å²) in [5.41, 5.74) is 11.5. The van der Waals surface area contributed by atoms with E-state index in [4.69, 9.17) is 20.9 Å². The largest absolute Gasteiger partial charge is 0.458 e. The van der Waals surface area contributed by atoms with Crippen molar-refractivity contribution in [2.45, 2.75) is 45.1 Å². The van der Waals surface area contributed by atoms with Gasteiger partial charge in [0.05, 0.1) is 0 Å². The molecular formula is C18H29N3O4S. The second-order valence-electron chi connectivity index (χ2n) is 6.83. The molecule has 0 aromatic heterocycles. The molecule has 0 saturated carbocycles. The second kappa shape index (κ2) is 11.1. The minimum absolute atomic E-state index is 0.124. The first-order chi connectivity index (χ1) is 12.2. The number of rotatable bonds is 9. The van der Waals surface area contributed by atoms with E-state index >= 15 is 0 Å². The first-order valence-electron chi connectivity index (χ1n) is 8.44. The van der Waals surface area contributed by atoms with Gasteiger partial charge in [0.25, 0.3) is 0 Å². The standard InChI is InChI=1S/C18H29N3O4S/c1-18(2,3)25-16(22)15(12-26-11-14(20)9-19)21-17(23)24-10-13-7-5-4-6-8-13/h4-8,14-15H,9-12,19-20H2,1-3H3,(H,21,23)/t14-,15+/m1/s1. The third kappa shape index (κ3) is 9.65. The first kappa shape index (κ1) is 22.3. The predicted molar refractivity (Wildman–Crippen MR) is 104 cm³/mol. The molecule has 0 bridgehead atoms. The van der Waals surface area contributed by atoms with Gasteiger partial charge in [-0.15, -0.1) is 0 Å². The average molecular weight is 384 g/mol. The van der Waals surface area contributed by atoms with E-state index in [-0.39, 0.29) is 12.6 Å². The molecule has 5 N–H and O–H groups in total. The Morgan fingerprint density at radius 1 is 1.19 bits per heavy atom. The lowest BCUT2D eigenvalue weighted by molar-refractivity contribution is -0.156. The Hall–Kier alpha value is -1.77. The normalized spacial score (nSPS) is 13.6. The quantitative estimate of drug-likeness (QED) is 0.555. The molecule has 1 amide bonds. The van der Waals surface area contributed by atoms with E-state index in [1.54, 1.807) is 20.8 Å². The lowest BCUT2D eigenvalue weighted by Gasteiger charge is -2.24. The van der Waals surface area contributed by atoms with E-state index in [2.05, 4.69) is 5.32 Å². The van der Waals surface area contributed by atoms with Crippen molar-refractivity contribution < 1.29 is 19.1 Å². The number of alkyl carbamates (subject to hydrolysis) is 1. The van der Waals surface area contributed by atoms with Crippen molar-refractivity contribution in [2.75, 3.05) is 18.1 Å². The maximum absolute atomic E-state index is 12.4. The summed E-state index contributed by atoms with van der Waals surface area (Å²) in [6.45, 7) is 5.79. The zero-order valence-electron chi connectivity index (χ0n) is 15.6. The van der Waals surface area contributed by atoms with Crippen LogP contribution in [0.4, 0.5) is 4.79 Å². The van der Waals surface area contributed by atoms with Crippen molar-refractivity contribution in [1.29, 1.82) is 0 Å². The number of amides is 1. The summed E-state index contributed by atoms with van der Waals surface area (Å²) in [6.07, 6.45) is -0.673. The van der Waals surface area contributed by atoms with Gasteiger partial charge >= 0.3 is 12.1 Å². The number of benzene rings is 1. The third-order valence-corrected chi connectivity index (χ3v) is 4.35. The Kier molecular flexibility index (Phi) is 9.47. The molecule has 0 heterocycles. The molecule has 0 radical (unpaired) electrons. The van der Waals surface area contributed by atoms with Crippen molar-refractivity contribution in [1.82, 2.24) is 5.32 Å². The fraction of sp³-hybridized carbons (Fsp3) is 0.556. The minimum atomic E-state index is -0.826. The van der Waals surface area contributed by atoms with Crippen LogP contribution >= 0.6 is 11.8 Å². The number of nitrogens with one attached hydrogen (secondary N) is 1. The lowest BCUT2D eigenvalue weighted by atomic mass is 10.2. The predicted octanol–water partition coefficient (Wildman–Crippen LogP) is 1.64. The number of carbonyl (C=O) groups excluding carboxylic acids is 2. The first-order valence-corrected chi connectivity index (χ1v) is 9.60. The fourth-order valence-corrected chi connectivity index (χ4v) is 2.88. The molecule has 26 heavy (non-hydrogen) atoms. The maximum Gasteiger partial charge on any atom is 0.408 e. The van der Waals surface area contributed by atoms with Gasteiger partial charge in [-0.2, -0.15) is 11.8 Å². The number of nitrogens with two attached hydrogens (primary N) is 2. The van der Waals surface area contributed by atoms with Gasteiger partial charge in [-0.05, 0) is 26.3 Å². The highest BCUT2D eigenvalue weighted by Gasteiger charge is 2.27. The molecule has 7 nitrogen and oxygen atoms in total. The molecule has 2 atom stereocenters. The summed E-state index contributed by atoms with van der Waals surface area (Å²) >= 11 is 1.43. The fourth-order valence-electron chi connectivity index (χ4n) is 1.85. The van der Waals surface area contributed by atoms with Crippen LogP contribution in [0.1, 0.15) is 26.3 Å². The highest BCUT2D eigenvalue weighted by atomic mass is 32.2. The Labute approximate surface area is 159 Å². The molecule has 1 aromatic carbocycles. The van der Waals surface area contributed by atoms with Gasteiger partial charge in [0.15, 0.2) is 0 Å². The molecule has 0 aliphatic heterocycles. The van der Waals surface area contributed by atoms with Crippen molar-refractivity contribution in [3.8, 4) is 0 Å². The molecule has 0 saturated heterocycles. The van der Waals surface area contributed by atoms with Gasteiger partial charge in [-0.3, -0.25) is 0 Å². The molecule has 146 valence electrons. The molecule has 0 spiro atoms. The summed E-state index contributed by atoms with van der Waals surface area (Å²) < 4.78 is 10.5. The van der Waals surface area contributed by atoms with Crippen LogP contribution in [0.5, 0.6) is 0 Å². The van der Waals surface area contributed by atoms with Crippen molar-refractivity contribution in [3.05, 3.63) is 35.9 Å². The van der Waals surface area contributed by atoms with Gasteiger partial charge in [0.1, 0.15) is 18.2 Å². The zero-order valence-corrected chi connectivity index (χ0v) is 16.4. The monoisotopic (exact) mass is 383 g/mol. The van der Waals surface area contributed by atoms with Crippen LogP contribution in [-0.4, -0.2) is 47.8 Å². The molecular weight excluding hydrogens is 354 g/mol. The SMILES string of the molecule is CC(C)(C)OC(=O)[C@H](CSC[C@H](N)CN)NC(=O)OCc1ccccc1. The van der Waals surface area contributed by atoms with Crippen LogP contribution < -0.4 is 16.8 Å². The number of thioether (sulfide) groups is 1. The van der Waals surface area contributed by atoms with E-state index in [9.17, 15) is 9.59 Å².